The molecule has 0 aliphatic rings. The highest BCUT2D eigenvalue weighted by Gasteiger charge is 2.00. The molecule has 0 heterocycles. The van der Waals surface area contributed by atoms with Crippen LogP contribution in [0.1, 0.15) is 27.2 Å². The molecule has 3 N–H and O–H groups in total. The number of rotatable bonds is 5. The lowest BCUT2D eigenvalue weighted by Crippen LogP contribution is -2.40. The summed E-state index contributed by atoms with van der Waals surface area (Å²) in [6.45, 7) is 6.43. The third kappa shape index (κ3) is 8.83. The molecule has 0 aliphatic heterocycles. The topological polar surface area (TPSA) is 70.2 Å². The predicted molar refractivity (Wildman–Crippen MR) is 55.0 cm³/mol. The minimum Gasteiger partial charge on any atom is -0.356 e. The van der Waals surface area contributed by atoms with E-state index in [1.54, 1.807) is 0 Å². The van der Waals surface area contributed by atoms with Crippen LogP contribution in [-0.2, 0) is 4.79 Å². The second kappa shape index (κ2) is 7.17. The largest absolute Gasteiger partial charge is 0.356 e. The van der Waals surface area contributed by atoms with Gasteiger partial charge in [-0.05, 0) is 20.3 Å². The molecule has 0 aromatic rings. The molecule has 0 aromatic heterocycles. The van der Waals surface area contributed by atoms with E-state index in [0.717, 1.165) is 6.42 Å². The first kappa shape index (κ1) is 12.7. The number of carbonyl (C=O) groups excluding carboxylic acids is 2. The zero-order chi connectivity index (χ0) is 11.0. The number of hydrogen-bond donors (Lipinski definition) is 3. The monoisotopic (exact) mass is 201 g/mol. The predicted octanol–water partition coefficient (Wildman–Crippen LogP) is 0.220. The van der Waals surface area contributed by atoms with E-state index in [2.05, 4.69) is 16.0 Å². The van der Waals surface area contributed by atoms with Crippen molar-refractivity contribution in [1.29, 1.82) is 0 Å². The highest BCUT2D eigenvalue weighted by molar-refractivity contribution is 5.74. The highest BCUT2D eigenvalue weighted by Crippen LogP contribution is 1.78. The van der Waals surface area contributed by atoms with E-state index < -0.39 is 0 Å². The SMILES string of the molecule is CC(=O)NCCCNC(=O)NC(C)C. The van der Waals surface area contributed by atoms with Gasteiger partial charge in [-0.15, -0.1) is 0 Å². The van der Waals surface area contributed by atoms with E-state index in [9.17, 15) is 9.59 Å². The van der Waals surface area contributed by atoms with Crippen molar-refractivity contribution >= 4 is 11.9 Å². The van der Waals surface area contributed by atoms with Crippen molar-refractivity contribution in [2.45, 2.75) is 33.2 Å². The molecule has 0 atom stereocenters. The van der Waals surface area contributed by atoms with Crippen molar-refractivity contribution in [2.75, 3.05) is 13.1 Å². The Labute approximate surface area is 84.6 Å². The number of hydrogen-bond acceptors (Lipinski definition) is 2. The van der Waals surface area contributed by atoms with Crippen LogP contribution in [-0.4, -0.2) is 31.1 Å². The van der Waals surface area contributed by atoms with E-state index in [1.807, 2.05) is 13.8 Å². The molecule has 0 aromatic carbocycles. The molecular weight excluding hydrogens is 182 g/mol. The molecule has 0 spiro atoms. The molecule has 0 rings (SSSR count). The Bertz CT molecular complexity index is 192. The lowest BCUT2D eigenvalue weighted by atomic mass is 10.4. The van der Waals surface area contributed by atoms with Crippen LogP contribution in [0.4, 0.5) is 4.79 Å². The summed E-state index contributed by atoms with van der Waals surface area (Å²) in [5.41, 5.74) is 0. The van der Waals surface area contributed by atoms with E-state index in [4.69, 9.17) is 0 Å². The first-order valence-electron chi connectivity index (χ1n) is 4.81. The summed E-state index contributed by atoms with van der Waals surface area (Å²) in [5.74, 6) is -0.0448. The fraction of sp³-hybridized carbons (Fsp3) is 0.778. The minimum atomic E-state index is -0.164. The Hall–Kier alpha value is -1.26. The van der Waals surface area contributed by atoms with Gasteiger partial charge in [0.15, 0.2) is 0 Å². The van der Waals surface area contributed by atoms with Gasteiger partial charge in [0, 0.05) is 26.1 Å². The number of carbonyl (C=O) groups is 2. The van der Waals surface area contributed by atoms with Crippen molar-refractivity contribution in [2.24, 2.45) is 0 Å². The lowest BCUT2D eigenvalue weighted by molar-refractivity contribution is -0.118. The zero-order valence-corrected chi connectivity index (χ0v) is 9.02. The summed E-state index contributed by atoms with van der Waals surface area (Å²) < 4.78 is 0. The van der Waals surface area contributed by atoms with Crippen molar-refractivity contribution in [1.82, 2.24) is 16.0 Å². The summed E-state index contributed by atoms with van der Waals surface area (Å²) in [6.07, 6.45) is 0.741. The molecule has 3 amide bonds. The Morgan fingerprint density at radius 1 is 1.14 bits per heavy atom. The van der Waals surface area contributed by atoms with Crippen LogP contribution in [0, 0.1) is 0 Å². The number of urea groups is 1. The van der Waals surface area contributed by atoms with Gasteiger partial charge in [0.2, 0.25) is 5.91 Å². The average Bonchev–Trinajstić information content (AvgIpc) is 2.01. The Kier molecular flexibility index (Phi) is 6.53. The molecule has 0 saturated carbocycles. The minimum absolute atomic E-state index is 0.0448. The van der Waals surface area contributed by atoms with Crippen LogP contribution >= 0.6 is 0 Å². The van der Waals surface area contributed by atoms with Gasteiger partial charge in [0.25, 0.3) is 0 Å². The van der Waals surface area contributed by atoms with Crippen LogP contribution in [0.15, 0.2) is 0 Å². The van der Waals surface area contributed by atoms with Crippen LogP contribution in [0.2, 0.25) is 0 Å². The molecule has 5 heteroatoms. The van der Waals surface area contributed by atoms with Crippen LogP contribution in [0.25, 0.3) is 0 Å². The van der Waals surface area contributed by atoms with Gasteiger partial charge in [0.1, 0.15) is 0 Å². The third-order valence-corrected chi connectivity index (χ3v) is 1.43. The quantitative estimate of drug-likeness (QED) is 0.557. The van der Waals surface area contributed by atoms with Crippen LogP contribution < -0.4 is 16.0 Å². The van der Waals surface area contributed by atoms with Crippen LogP contribution in [0.5, 0.6) is 0 Å². The molecular formula is C9H19N3O2. The smallest absolute Gasteiger partial charge is 0.314 e. The van der Waals surface area contributed by atoms with Gasteiger partial charge in [-0.3, -0.25) is 4.79 Å². The summed E-state index contributed by atoms with van der Waals surface area (Å²) in [6, 6.07) is -0.0202. The Balaban J connectivity index is 3.27. The molecule has 82 valence electrons. The average molecular weight is 201 g/mol. The maximum absolute atomic E-state index is 11.0. The first-order chi connectivity index (χ1) is 6.52. The maximum atomic E-state index is 11.0. The van der Waals surface area contributed by atoms with Gasteiger partial charge in [-0.25, -0.2) is 4.79 Å². The van der Waals surface area contributed by atoms with Gasteiger partial charge in [-0.1, -0.05) is 0 Å². The van der Waals surface area contributed by atoms with E-state index in [0.29, 0.717) is 13.1 Å². The van der Waals surface area contributed by atoms with E-state index in [1.165, 1.54) is 6.92 Å². The maximum Gasteiger partial charge on any atom is 0.314 e. The van der Waals surface area contributed by atoms with Crippen molar-refractivity contribution < 1.29 is 9.59 Å². The van der Waals surface area contributed by atoms with E-state index in [-0.39, 0.29) is 18.0 Å². The van der Waals surface area contributed by atoms with Crippen molar-refractivity contribution in [3.8, 4) is 0 Å². The first-order valence-corrected chi connectivity index (χ1v) is 4.81. The summed E-state index contributed by atoms with van der Waals surface area (Å²) in [5, 5.41) is 8.04. The second-order valence-corrected chi connectivity index (χ2v) is 3.39. The molecule has 0 saturated heterocycles. The zero-order valence-electron chi connectivity index (χ0n) is 9.02. The summed E-state index contributed by atoms with van der Waals surface area (Å²) in [4.78, 5) is 21.5. The number of nitrogens with one attached hydrogen (secondary N) is 3. The van der Waals surface area contributed by atoms with Gasteiger partial charge < -0.3 is 16.0 Å². The molecule has 0 bridgehead atoms. The lowest BCUT2D eigenvalue weighted by Gasteiger charge is -2.09. The summed E-state index contributed by atoms with van der Waals surface area (Å²) in [7, 11) is 0. The van der Waals surface area contributed by atoms with Crippen molar-refractivity contribution in [3.63, 3.8) is 0 Å². The Morgan fingerprint density at radius 2 is 1.71 bits per heavy atom. The fourth-order valence-corrected chi connectivity index (χ4v) is 0.868. The van der Waals surface area contributed by atoms with Gasteiger partial charge in [-0.2, -0.15) is 0 Å². The summed E-state index contributed by atoms with van der Waals surface area (Å²) >= 11 is 0. The fourth-order valence-electron chi connectivity index (χ4n) is 0.868. The molecule has 0 aliphatic carbocycles. The number of amides is 3. The highest BCUT2D eigenvalue weighted by atomic mass is 16.2. The normalized spacial score (nSPS) is 9.71. The third-order valence-electron chi connectivity index (χ3n) is 1.43. The molecule has 5 nitrogen and oxygen atoms in total. The van der Waals surface area contributed by atoms with E-state index >= 15 is 0 Å². The molecule has 14 heavy (non-hydrogen) atoms. The van der Waals surface area contributed by atoms with Gasteiger partial charge in [0.05, 0.1) is 0 Å². The van der Waals surface area contributed by atoms with Gasteiger partial charge >= 0.3 is 6.03 Å². The second-order valence-electron chi connectivity index (χ2n) is 3.39. The standard InChI is InChI=1S/C9H19N3O2/c1-7(2)12-9(14)11-6-4-5-10-8(3)13/h7H,4-6H2,1-3H3,(H,10,13)(H2,11,12,14). The van der Waals surface area contributed by atoms with Crippen molar-refractivity contribution in [3.05, 3.63) is 0 Å². The Morgan fingerprint density at radius 3 is 2.21 bits per heavy atom. The van der Waals surface area contributed by atoms with Crippen LogP contribution in [0.3, 0.4) is 0 Å². The molecule has 0 radical (unpaired) electrons. The molecule has 0 unspecified atom stereocenters. The molecule has 0 fully saturated rings.